The predicted octanol–water partition coefficient (Wildman–Crippen LogP) is 2.18. The average molecular weight is 236 g/mol. The van der Waals surface area contributed by atoms with E-state index in [9.17, 15) is 0 Å². The Morgan fingerprint density at radius 3 is 2.53 bits per heavy atom. The molecule has 0 aliphatic carbocycles. The Morgan fingerprint density at radius 2 is 2.00 bits per heavy atom. The van der Waals surface area contributed by atoms with Gasteiger partial charge < -0.3 is 4.74 Å². The first kappa shape index (κ1) is 14.2. The summed E-state index contributed by atoms with van der Waals surface area (Å²) >= 11 is 0. The number of methoxy groups -OCH3 is 1. The summed E-state index contributed by atoms with van der Waals surface area (Å²) in [5.41, 5.74) is 5.38. The van der Waals surface area contributed by atoms with Crippen LogP contribution in [0.25, 0.3) is 0 Å². The lowest BCUT2D eigenvalue weighted by Gasteiger charge is -2.28. The number of aryl methyl sites for hydroxylation is 1. The van der Waals surface area contributed by atoms with Crippen LogP contribution in [0.15, 0.2) is 24.3 Å². The smallest absolute Gasteiger partial charge is 0.0638 e. The van der Waals surface area contributed by atoms with Crippen LogP contribution in [0, 0.1) is 6.92 Å². The van der Waals surface area contributed by atoms with Crippen LogP contribution >= 0.6 is 0 Å². The molecule has 0 heterocycles. The summed E-state index contributed by atoms with van der Waals surface area (Å²) in [5, 5.41) is 0. The topological polar surface area (TPSA) is 47.3 Å². The molecule has 0 bridgehead atoms. The van der Waals surface area contributed by atoms with Gasteiger partial charge in [-0.1, -0.05) is 24.3 Å². The summed E-state index contributed by atoms with van der Waals surface area (Å²) in [6.45, 7) is 6.29. The van der Waals surface area contributed by atoms with Crippen LogP contribution < -0.4 is 11.3 Å². The van der Waals surface area contributed by atoms with Crippen molar-refractivity contribution in [3.8, 4) is 0 Å². The van der Waals surface area contributed by atoms with E-state index in [1.807, 2.05) is 0 Å². The minimum absolute atomic E-state index is 0.153. The van der Waals surface area contributed by atoms with Gasteiger partial charge in [-0.3, -0.25) is 11.3 Å². The molecule has 0 amide bonds. The Bertz CT molecular complexity index is 350. The Labute approximate surface area is 104 Å². The van der Waals surface area contributed by atoms with E-state index in [-0.39, 0.29) is 11.6 Å². The molecule has 1 rings (SSSR count). The summed E-state index contributed by atoms with van der Waals surface area (Å²) in [5.74, 6) is 5.63. The first-order valence-corrected chi connectivity index (χ1v) is 6.04. The van der Waals surface area contributed by atoms with Gasteiger partial charge in [-0.15, -0.1) is 0 Å². The highest BCUT2D eigenvalue weighted by Crippen LogP contribution is 2.19. The fourth-order valence-electron chi connectivity index (χ4n) is 1.97. The number of nitrogens with one attached hydrogen (secondary N) is 1. The molecule has 1 aromatic carbocycles. The minimum atomic E-state index is -0.153. The maximum atomic E-state index is 5.63. The third-order valence-electron chi connectivity index (χ3n) is 3.25. The predicted molar refractivity (Wildman–Crippen MR) is 71.7 cm³/mol. The number of hydrogen-bond donors (Lipinski definition) is 2. The lowest BCUT2D eigenvalue weighted by atomic mass is 9.93. The van der Waals surface area contributed by atoms with Crippen molar-refractivity contribution < 1.29 is 4.74 Å². The van der Waals surface area contributed by atoms with E-state index in [2.05, 4.69) is 50.5 Å². The Hall–Kier alpha value is -0.900. The zero-order chi connectivity index (χ0) is 12.9. The van der Waals surface area contributed by atoms with Crippen LogP contribution in [0.4, 0.5) is 0 Å². The first-order valence-electron chi connectivity index (χ1n) is 6.04. The maximum Gasteiger partial charge on any atom is 0.0638 e. The highest BCUT2D eigenvalue weighted by atomic mass is 16.5. The van der Waals surface area contributed by atoms with Gasteiger partial charge in [-0.05, 0) is 44.7 Å². The van der Waals surface area contributed by atoms with E-state index in [4.69, 9.17) is 10.6 Å². The first-order chi connectivity index (χ1) is 7.98. The van der Waals surface area contributed by atoms with Crippen molar-refractivity contribution in [2.24, 2.45) is 5.84 Å². The average Bonchev–Trinajstić information content (AvgIpc) is 2.31. The molecule has 0 spiro atoms. The SMILES string of the molecule is COC(C)(C)CC(Cc1ccccc1C)NN. The van der Waals surface area contributed by atoms with Gasteiger partial charge >= 0.3 is 0 Å². The fourth-order valence-corrected chi connectivity index (χ4v) is 1.97. The number of hydrazine groups is 1. The van der Waals surface area contributed by atoms with Crippen molar-refractivity contribution in [2.45, 2.75) is 45.3 Å². The summed E-state index contributed by atoms with van der Waals surface area (Å²) < 4.78 is 5.44. The molecule has 0 saturated carbocycles. The van der Waals surface area contributed by atoms with E-state index in [1.54, 1.807) is 7.11 Å². The third-order valence-corrected chi connectivity index (χ3v) is 3.25. The second kappa shape index (κ2) is 6.15. The third kappa shape index (κ3) is 4.46. The maximum absolute atomic E-state index is 5.63. The molecule has 0 aliphatic heterocycles. The molecule has 3 heteroatoms. The van der Waals surface area contributed by atoms with Gasteiger partial charge in [0.25, 0.3) is 0 Å². The van der Waals surface area contributed by atoms with Crippen molar-refractivity contribution >= 4 is 0 Å². The Balaban J connectivity index is 2.68. The van der Waals surface area contributed by atoms with Gasteiger partial charge in [0.1, 0.15) is 0 Å². The van der Waals surface area contributed by atoms with Crippen molar-refractivity contribution in [3.63, 3.8) is 0 Å². The summed E-state index contributed by atoms with van der Waals surface area (Å²) in [6, 6.07) is 8.63. The number of rotatable bonds is 6. The van der Waals surface area contributed by atoms with Gasteiger partial charge in [-0.25, -0.2) is 0 Å². The minimum Gasteiger partial charge on any atom is -0.379 e. The Kier molecular flexibility index (Phi) is 5.12. The molecule has 3 N–H and O–H groups in total. The van der Waals surface area contributed by atoms with Crippen molar-refractivity contribution in [2.75, 3.05) is 7.11 Å². The van der Waals surface area contributed by atoms with Crippen LogP contribution in [-0.4, -0.2) is 18.8 Å². The molecule has 0 fully saturated rings. The number of benzene rings is 1. The van der Waals surface area contributed by atoms with Crippen LogP contribution in [0.2, 0.25) is 0 Å². The van der Waals surface area contributed by atoms with E-state index in [0.29, 0.717) is 0 Å². The molecule has 17 heavy (non-hydrogen) atoms. The largest absolute Gasteiger partial charge is 0.379 e. The highest BCUT2D eigenvalue weighted by molar-refractivity contribution is 5.26. The second-order valence-electron chi connectivity index (χ2n) is 5.16. The van der Waals surface area contributed by atoms with Crippen molar-refractivity contribution in [1.29, 1.82) is 0 Å². The Morgan fingerprint density at radius 1 is 1.35 bits per heavy atom. The highest BCUT2D eigenvalue weighted by Gasteiger charge is 2.22. The lowest BCUT2D eigenvalue weighted by molar-refractivity contribution is 0.00709. The van der Waals surface area contributed by atoms with E-state index in [0.717, 1.165) is 12.8 Å². The molecule has 0 radical (unpaired) electrons. The molecular weight excluding hydrogens is 212 g/mol. The zero-order valence-electron chi connectivity index (χ0n) is 11.3. The second-order valence-corrected chi connectivity index (χ2v) is 5.16. The van der Waals surface area contributed by atoms with E-state index >= 15 is 0 Å². The molecular formula is C14H24N2O. The van der Waals surface area contributed by atoms with Gasteiger partial charge in [0.05, 0.1) is 5.60 Å². The van der Waals surface area contributed by atoms with Gasteiger partial charge in [0.2, 0.25) is 0 Å². The molecule has 96 valence electrons. The monoisotopic (exact) mass is 236 g/mol. The van der Waals surface area contributed by atoms with Crippen LogP contribution in [0.1, 0.15) is 31.4 Å². The number of hydrogen-bond acceptors (Lipinski definition) is 3. The number of ether oxygens (including phenoxy) is 1. The van der Waals surface area contributed by atoms with Crippen molar-refractivity contribution in [1.82, 2.24) is 5.43 Å². The van der Waals surface area contributed by atoms with Gasteiger partial charge in [-0.2, -0.15) is 0 Å². The summed E-state index contributed by atoms with van der Waals surface area (Å²) in [4.78, 5) is 0. The quantitative estimate of drug-likeness (QED) is 0.588. The van der Waals surface area contributed by atoms with Crippen LogP contribution in [0.5, 0.6) is 0 Å². The lowest BCUT2D eigenvalue weighted by Crippen LogP contribution is -2.42. The molecule has 3 nitrogen and oxygen atoms in total. The summed E-state index contributed by atoms with van der Waals surface area (Å²) in [7, 11) is 1.74. The van der Waals surface area contributed by atoms with Crippen LogP contribution in [0.3, 0.4) is 0 Å². The zero-order valence-corrected chi connectivity index (χ0v) is 11.3. The number of nitrogens with two attached hydrogens (primary N) is 1. The fraction of sp³-hybridized carbons (Fsp3) is 0.571. The van der Waals surface area contributed by atoms with Crippen molar-refractivity contribution in [3.05, 3.63) is 35.4 Å². The normalized spacial score (nSPS) is 13.7. The molecule has 1 unspecified atom stereocenters. The van der Waals surface area contributed by atoms with Crippen LogP contribution in [-0.2, 0) is 11.2 Å². The van der Waals surface area contributed by atoms with Gasteiger partial charge in [0, 0.05) is 13.2 Å². The van der Waals surface area contributed by atoms with E-state index < -0.39 is 0 Å². The van der Waals surface area contributed by atoms with E-state index in [1.165, 1.54) is 11.1 Å². The van der Waals surface area contributed by atoms with Gasteiger partial charge in [0.15, 0.2) is 0 Å². The standard InChI is InChI=1S/C14H24N2O/c1-11-7-5-6-8-12(11)9-13(16-15)10-14(2,3)17-4/h5-8,13,16H,9-10,15H2,1-4H3. The molecule has 1 aromatic rings. The molecule has 0 aliphatic rings. The molecule has 1 atom stereocenters. The summed E-state index contributed by atoms with van der Waals surface area (Å²) in [6.07, 6.45) is 1.81. The molecule has 0 aromatic heterocycles. The molecule has 0 saturated heterocycles.